The van der Waals surface area contributed by atoms with Gasteiger partial charge in [-0.3, -0.25) is 4.79 Å². The SMILES string of the molecule is CCCCSc1nc2n(n1)C(c1ccc(OCc3ccc(Cl)cc3Cl)c(OC)c1)C(C(=O)Nc1cccc(C)c1)=C(C)N2. The van der Waals surface area contributed by atoms with Crippen molar-refractivity contribution in [3.63, 3.8) is 0 Å². The molecule has 0 spiro atoms. The molecule has 0 fully saturated rings. The number of thioether (sulfide) groups is 1. The molecule has 0 saturated heterocycles. The van der Waals surface area contributed by atoms with Crippen LogP contribution in [0.1, 0.15) is 49.4 Å². The standard InChI is InChI=1S/C32H33Cl2N5O3S/c1-5-6-14-43-32-37-31-35-20(3)28(30(40)36-24-9-7-8-19(2)15-24)29(39(31)38-32)21-11-13-26(27(16-21)41-4)42-18-22-10-12-23(33)17-25(22)34/h7-13,15-17,29H,5-6,14,18H2,1-4H3,(H,36,40)(H,35,37,38). The maximum absolute atomic E-state index is 13.9. The number of amides is 1. The Kier molecular flexibility index (Phi) is 9.85. The van der Waals surface area contributed by atoms with Crippen molar-refractivity contribution in [3.8, 4) is 11.5 Å². The molecule has 1 unspecified atom stereocenters. The summed E-state index contributed by atoms with van der Waals surface area (Å²) in [6.07, 6.45) is 2.15. The average molecular weight is 639 g/mol. The number of aromatic nitrogens is 3. The summed E-state index contributed by atoms with van der Waals surface area (Å²) >= 11 is 14.0. The number of allylic oxidation sites excluding steroid dienone is 1. The van der Waals surface area contributed by atoms with Crippen LogP contribution in [-0.2, 0) is 11.4 Å². The van der Waals surface area contributed by atoms with Crippen LogP contribution in [0.25, 0.3) is 0 Å². The Morgan fingerprint density at radius 2 is 1.93 bits per heavy atom. The molecule has 1 aliphatic heterocycles. The summed E-state index contributed by atoms with van der Waals surface area (Å²) in [7, 11) is 1.58. The van der Waals surface area contributed by atoms with Crippen molar-refractivity contribution >= 4 is 52.5 Å². The number of carbonyl (C=O) groups excluding carboxylic acids is 1. The minimum atomic E-state index is -0.567. The van der Waals surface area contributed by atoms with E-state index in [0.717, 1.165) is 35.3 Å². The second kappa shape index (κ2) is 13.8. The van der Waals surface area contributed by atoms with Gasteiger partial charge < -0.3 is 20.1 Å². The van der Waals surface area contributed by atoms with Gasteiger partial charge in [0.25, 0.3) is 5.91 Å². The van der Waals surface area contributed by atoms with E-state index in [0.29, 0.717) is 49.6 Å². The molecule has 1 atom stereocenters. The Hall–Kier alpha value is -3.66. The molecule has 11 heteroatoms. The predicted octanol–water partition coefficient (Wildman–Crippen LogP) is 8.30. The zero-order valence-electron chi connectivity index (χ0n) is 24.4. The van der Waals surface area contributed by atoms with Gasteiger partial charge in [-0.15, -0.1) is 5.10 Å². The van der Waals surface area contributed by atoms with Crippen LogP contribution in [0.15, 0.2) is 77.1 Å². The van der Waals surface area contributed by atoms with Crippen molar-refractivity contribution in [2.45, 2.75) is 51.4 Å². The van der Waals surface area contributed by atoms with E-state index in [-0.39, 0.29) is 12.5 Å². The van der Waals surface area contributed by atoms with Crippen LogP contribution >= 0.6 is 35.0 Å². The largest absolute Gasteiger partial charge is 0.493 e. The molecule has 2 N–H and O–H groups in total. The third-order valence-electron chi connectivity index (χ3n) is 6.98. The molecule has 8 nitrogen and oxygen atoms in total. The third-order valence-corrected chi connectivity index (χ3v) is 8.50. The lowest BCUT2D eigenvalue weighted by molar-refractivity contribution is -0.113. The van der Waals surface area contributed by atoms with Gasteiger partial charge in [0, 0.05) is 32.7 Å². The number of nitrogens with zero attached hydrogens (tertiary/aromatic N) is 3. The van der Waals surface area contributed by atoms with Gasteiger partial charge in [0.15, 0.2) is 11.5 Å². The van der Waals surface area contributed by atoms with Gasteiger partial charge in [-0.25, -0.2) is 4.68 Å². The summed E-state index contributed by atoms with van der Waals surface area (Å²) in [5.41, 5.74) is 4.56. The van der Waals surface area contributed by atoms with Crippen molar-refractivity contribution in [1.29, 1.82) is 0 Å². The number of nitrogens with one attached hydrogen (secondary N) is 2. The molecule has 4 aromatic rings. The number of methoxy groups -OCH3 is 1. The van der Waals surface area contributed by atoms with E-state index in [1.165, 1.54) is 0 Å². The molecule has 1 amide bonds. The fourth-order valence-electron chi connectivity index (χ4n) is 4.79. The highest BCUT2D eigenvalue weighted by Crippen LogP contribution is 2.40. The number of fused-ring (bicyclic) bond motifs is 1. The van der Waals surface area contributed by atoms with Crippen LogP contribution in [0.3, 0.4) is 0 Å². The second-order valence-corrected chi connectivity index (χ2v) is 12.1. The number of hydrogen-bond acceptors (Lipinski definition) is 7. The first-order chi connectivity index (χ1) is 20.8. The quantitative estimate of drug-likeness (QED) is 0.126. The summed E-state index contributed by atoms with van der Waals surface area (Å²) in [6, 6.07) is 18.0. The van der Waals surface area contributed by atoms with Crippen LogP contribution < -0.4 is 20.1 Å². The molecule has 0 saturated carbocycles. The first kappa shape index (κ1) is 30.8. The summed E-state index contributed by atoms with van der Waals surface area (Å²) in [4.78, 5) is 18.6. The predicted molar refractivity (Wildman–Crippen MR) is 174 cm³/mol. The Balaban J connectivity index is 1.50. The van der Waals surface area contributed by atoms with Crippen molar-refractivity contribution in [1.82, 2.24) is 14.8 Å². The van der Waals surface area contributed by atoms with E-state index in [2.05, 4.69) is 17.6 Å². The molecule has 224 valence electrons. The van der Waals surface area contributed by atoms with Gasteiger partial charge in [-0.2, -0.15) is 4.98 Å². The number of benzene rings is 3. The molecular formula is C32H33Cl2N5O3S. The van der Waals surface area contributed by atoms with Crippen molar-refractivity contribution in [2.24, 2.45) is 0 Å². The number of carbonyl (C=O) groups is 1. The molecule has 5 rings (SSSR count). The van der Waals surface area contributed by atoms with Crippen molar-refractivity contribution in [3.05, 3.63) is 98.7 Å². The van der Waals surface area contributed by atoms with Crippen LogP contribution in [-0.4, -0.2) is 33.5 Å². The molecule has 1 aromatic heterocycles. The summed E-state index contributed by atoms with van der Waals surface area (Å²) in [5.74, 6) is 2.29. The first-order valence-electron chi connectivity index (χ1n) is 14.0. The summed E-state index contributed by atoms with van der Waals surface area (Å²) in [6.45, 7) is 6.25. The van der Waals surface area contributed by atoms with Crippen LogP contribution in [0.5, 0.6) is 11.5 Å². The highest BCUT2D eigenvalue weighted by molar-refractivity contribution is 7.99. The molecule has 0 bridgehead atoms. The lowest BCUT2D eigenvalue weighted by Gasteiger charge is -2.29. The number of hydrogen-bond donors (Lipinski definition) is 2. The zero-order chi connectivity index (χ0) is 30.5. The van der Waals surface area contributed by atoms with Gasteiger partial charge in [-0.1, -0.05) is 72.6 Å². The van der Waals surface area contributed by atoms with Crippen LogP contribution in [0, 0.1) is 6.92 Å². The minimum absolute atomic E-state index is 0.230. The van der Waals surface area contributed by atoms with E-state index in [4.69, 9.17) is 42.8 Å². The highest BCUT2D eigenvalue weighted by Gasteiger charge is 2.35. The number of aryl methyl sites for hydroxylation is 1. The third kappa shape index (κ3) is 7.12. The van der Waals surface area contributed by atoms with Crippen LogP contribution in [0.4, 0.5) is 11.6 Å². The molecule has 3 aromatic carbocycles. The minimum Gasteiger partial charge on any atom is -0.493 e. The lowest BCUT2D eigenvalue weighted by atomic mass is 9.94. The van der Waals surface area contributed by atoms with E-state index in [1.54, 1.807) is 35.7 Å². The Labute approximate surface area is 265 Å². The smallest absolute Gasteiger partial charge is 0.255 e. The van der Waals surface area contributed by atoms with E-state index in [1.807, 2.05) is 62.4 Å². The van der Waals surface area contributed by atoms with Crippen molar-refractivity contribution in [2.75, 3.05) is 23.5 Å². The maximum Gasteiger partial charge on any atom is 0.255 e. The number of anilines is 2. The monoisotopic (exact) mass is 637 g/mol. The first-order valence-corrected chi connectivity index (χ1v) is 15.7. The normalized spacial score (nSPS) is 14.2. The molecule has 0 aliphatic carbocycles. The van der Waals surface area contributed by atoms with Gasteiger partial charge in [0.1, 0.15) is 12.6 Å². The van der Waals surface area contributed by atoms with Crippen molar-refractivity contribution < 1.29 is 14.3 Å². The van der Waals surface area contributed by atoms with Gasteiger partial charge in [-0.05, 0) is 67.8 Å². The van der Waals surface area contributed by atoms with Gasteiger partial charge >= 0.3 is 0 Å². The number of rotatable bonds is 11. The van der Waals surface area contributed by atoms with Crippen LogP contribution in [0.2, 0.25) is 10.0 Å². The second-order valence-electron chi connectivity index (χ2n) is 10.2. The number of unbranched alkanes of at least 4 members (excludes halogenated alkanes) is 1. The lowest BCUT2D eigenvalue weighted by Crippen LogP contribution is -2.31. The zero-order valence-corrected chi connectivity index (χ0v) is 26.7. The molecule has 2 heterocycles. The Bertz CT molecular complexity index is 1670. The molecule has 43 heavy (non-hydrogen) atoms. The average Bonchev–Trinajstić information content (AvgIpc) is 3.38. The number of ether oxygens (including phenoxy) is 2. The molecule has 0 radical (unpaired) electrons. The molecule has 1 aliphatic rings. The molecular weight excluding hydrogens is 605 g/mol. The Morgan fingerprint density at radius 1 is 1.09 bits per heavy atom. The van der Waals surface area contributed by atoms with Gasteiger partial charge in [0.2, 0.25) is 11.1 Å². The fraction of sp³-hybridized carbons (Fsp3) is 0.281. The fourth-order valence-corrected chi connectivity index (χ4v) is 6.17. The highest BCUT2D eigenvalue weighted by atomic mass is 35.5. The number of halogens is 2. The summed E-state index contributed by atoms with van der Waals surface area (Å²) in [5, 5.41) is 12.9. The van der Waals surface area contributed by atoms with E-state index < -0.39 is 6.04 Å². The maximum atomic E-state index is 13.9. The summed E-state index contributed by atoms with van der Waals surface area (Å²) < 4.78 is 13.6. The van der Waals surface area contributed by atoms with E-state index >= 15 is 0 Å². The van der Waals surface area contributed by atoms with E-state index in [9.17, 15) is 4.79 Å². The topological polar surface area (TPSA) is 90.3 Å². The Morgan fingerprint density at radius 3 is 2.67 bits per heavy atom. The van der Waals surface area contributed by atoms with Gasteiger partial charge in [0.05, 0.1) is 12.7 Å².